The Hall–Kier alpha value is -7.08. The van der Waals surface area contributed by atoms with Crippen LogP contribution in [0.5, 0.6) is 5.75 Å². The molecule has 0 bridgehead atoms. The number of hydrogen-bond donors (Lipinski definition) is 1. The molecule has 0 saturated heterocycles. The molecule has 0 aliphatic heterocycles. The number of benzene rings is 6. The Labute approximate surface area is 329 Å². The third-order valence-corrected chi connectivity index (χ3v) is 10.4. The second-order valence-corrected chi connectivity index (χ2v) is 13.6. The number of imidazole rings is 1. The molecule has 12 heteroatoms. The van der Waals surface area contributed by atoms with Gasteiger partial charge in [-0.2, -0.15) is 8.78 Å². The molecular formula is C46H32F5N3O4. The number of halogens is 5. The van der Waals surface area contributed by atoms with Crippen LogP contribution in [0, 0.1) is 29.1 Å². The number of hydrogen-bond acceptors (Lipinski definition) is 5. The molecule has 1 N–H and O–H groups in total. The van der Waals surface area contributed by atoms with Crippen LogP contribution in [0.2, 0.25) is 0 Å². The van der Waals surface area contributed by atoms with Crippen molar-refractivity contribution in [2.45, 2.75) is 31.0 Å². The number of H-pyrrole nitrogens is 1. The molecule has 7 aromatic rings. The van der Waals surface area contributed by atoms with Crippen molar-refractivity contribution in [1.29, 1.82) is 0 Å². The van der Waals surface area contributed by atoms with E-state index in [1.807, 2.05) is 42.5 Å². The van der Waals surface area contributed by atoms with E-state index in [1.165, 1.54) is 12.5 Å². The van der Waals surface area contributed by atoms with Crippen molar-refractivity contribution in [1.82, 2.24) is 14.9 Å². The third-order valence-electron chi connectivity index (χ3n) is 10.4. The molecule has 0 unspecified atom stereocenters. The summed E-state index contributed by atoms with van der Waals surface area (Å²) in [5.74, 6) is -15.1. The molecule has 6 aromatic carbocycles. The van der Waals surface area contributed by atoms with E-state index in [4.69, 9.17) is 9.47 Å². The lowest BCUT2D eigenvalue weighted by molar-refractivity contribution is -0.142. The Bertz CT molecular complexity index is 2480. The number of esters is 1. The van der Waals surface area contributed by atoms with Gasteiger partial charge in [0.25, 0.3) is 0 Å². The first-order chi connectivity index (χ1) is 28.2. The maximum Gasteiger partial charge on any atom is 0.412 e. The van der Waals surface area contributed by atoms with Gasteiger partial charge in [-0.3, -0.25) is 4.90 Å². The van der Waals surface area contributed by atoms with Crippen molar-refractivity contribution in [3.8, 4) is 16.9 Å². The van der Waals surface area contributed by atoms with Crippen LogP contribution in [0.15, 0.2) is 146 Å². The van der Waals surface area contributed by atoms with Gasteiger partial charge >= 0.3 is 12.1 Å². The van der Waals surface area contributed by atoms with Gasteiger partial charge in [-0.15, -0.1) is 0 Å². The second-order valence-electron chi connectivity index (χ2n) is 13.6. The molecule has 1 aliphatic rings. The molecule has 1 aliphatic carbocycles. The zero-order valence-corrected chi connectivity index (χ0v) is 30.5. The van der Waals surface area contributed by atoms with Gasteiger partial charge in [-0.05, 0) is 50.9 Å². The molecule has 0 spiro atoms. The predicted molar refractivity (Wildman–Crippen MR) is 204 cm³/mol. The molecule has 1 aromatic heterocycles. The highest BCUT2D eigenvalue weighted by molar-refractivity contribution is 5.85. The summed E-state index contributed by atoms with van der Waals surface area (Å²) in [5.41, 5.74) is 4.65. The fourth-order valence-corrected chi connectivity index (χ4v) is 7.75. The van der Waals surface area contributed by atoms with E-state index in [2.05, 4.69) is 9.97 Å². The Morgan fingerprint density at radius 3 is 1.78 bits per heavy atom. The van der Waals surface area contributed by atoms with Crippen molar-refractivity contribution >= 4 is 12.1 Å². The number of fused-ring (bicyclic) bond motifs is 3. The highest BCUT2D eigenvalue weighted by Crippen LogP contribution is 2.45. The van der Waals surface area contributed by atoms with Gasteiger partial charge in [-0.25, -0.2) is 27.7 Å². The van der Waals surface area contributed by atoms with E-state index in [0.29, 0.717) is 28.7 Å². The lowest BCUT2D eigenvalue weighted by Gasteiger charge is -2.47. The molecule has 1 amide bonds. The van der Waals surface area contributed by atoms with Gasteiger partial charge < -0.3 is 14.5 Å². The molecule has 290 valence electrons. The van der Waals surface area contributed by atoms with E-state index >= 15 is 13.6 Å². The second kappa shape index (κ2) is 15.8. The average Bonchev–Trinajstić information content (AvgIpc) is 3.93. The molecule has 1 heterocycles. The zero-order chi connectivity index (χ0) is 40.4. The van der Waals surface area contributed by atoms with Crippen LogP contribution < -0.4 is 4.74 Å². The molecule has 8 rings (SSSR count). The quantitative estimate of drug-likeness (QED) is 0.0353. The monoisotopic (exact) mass is 785 g/mol. The van der Waals surface area contributed by atoms with Gasteiger partial charge in [0.05, 0.1) is 6.33 Å². The fourth-order valence-electron chi connectivity index (χ4n) is 7.75. The molecule has 0 saturated carbocycles. The Morgan fingerprint density at radius 2 is 1.21 bits per heavy atom. The van der Waals surface area contributed by atoms with Crippen LogP contribution >= 0.6 is 0 Å². The maximum absolute atomic E-state index is 15.4. The molecular weight excluding hydrogens is 754 g/mol. The minimum Gasteiger partial charge on any atom is -0.444 e. The van der Waals surface area contributed by atoms with Crippen LogP contribution in [-0.2, 0) is 34.5 Å². The smallest absolute Gasteiger partial charge is 0.412 e. The Kier molecular flexibility index (Phi) is 10.3. The normalized spacial score (nSPS) is 12.4. The summed E-state index contributed by atoms with van der Waals surface area (Å²) in [4.78, 5) is 38.1. The van der Waals surface area contributed by atoms with E-state index in [-0.39, 0.29) is 12.3 Å². The summed E-state index contributed by atoms with van der Waals surface area (Å²) in [5, 5.41) is 0. The number of nitrogens with zero attached hydrogens (tertiary/aromatic N) is 2. The highest BCUT2D eigenvalue weighted by atomic mass is 19.2. The minimum absolute atomic E-state index is 0.260. The number of amides is 1. The number of rotatable bonds is 11. The number of carbonyl (C=O) groups excluding carboxylic acids is 2. The summed E-state index contributed by atoms with van der Waals surface area (Å²) in [6.07, 6.45) is 1.76. The zero-order valence-electron chi connectivity index (χ0n) is 30.5. The predicted octanol–water partition coefficient (Wildman–Crippen LogP) is 9.82. The lowest BCUT2D eigenvalue weighted by atomic mass is 9.74. The van der Waals surface area contributed by atoms with E-state index in [1.54, 1.807) is 91.0 Å². The number of carbonyl (C=O) groups is 2. The summed E-state index contributed by atoms with van der Waals surface area (Å²) in [6.45, 7) is -0.260. The SMILES string of the molecule is O=C(Oc1c(F)c(F)c(F)c(F)c1F)[C@H](Cc1cnc[nH]1)N(C(=O)OCc1cccc2c1Cc1ccccc1-2)C(c1ccccc1)(c1ccccc1)c1ccccc1. The number of nitrogens with one attached hydrogen (secondary N) is 1. The summed E-state index contributed by atoms with van der Waals surface area (Å²) >= 11 is 0. The van der Waals surface area contributed by atoms with Gasteiger partial charge in [0, 0.05) is 18.3 Å². The first-order valence-electron chi connectivity index (χ1n) is 18.2. The first kappa shape index (κ1) is 37.8. The third kappa shape index (κ3) is 6.66. The fraction of sp³-hybridized carbons (Fsp3) is 0.109. The van der Waals surface area contributed by atoms with Gasteiger partial charge in [-0.1, -0.05) is 133 Å². The number of aromatic nitrogens is 2. The summed E-state index contributed by atoms with van der Waals surface area (Å²) in [7, 11) is 0. The largest absolute Gasteiger partial charge is 0.444 e. The Balaban J connectivity index is 1.33. The standard InChI is InChI=1S/C46H32F5N3O4/c47-38-39(48)41(50)43(42(51)40(38)49)58-44(55)37(24-33-25-52-27-53-33)54(45(56)57-26-29-14-12-22-35-34-21-11-10-13-28(34)23-36(29)35)46(30-15-4-1-5-16-30,31-17-6-2-7-18-31)32-19-8-3-9-20-32/h1-22,25,27,37H,23-24,26H2,(H,52,53)/t37-/m0/s1. The van der Waals surface area contributed by atoms with Crippen molar-refractivity contribution in [2.75, 3.05) is 0 Å². The van der Waals surface area contributed by atoms with Crippen molar-refractivity contribution in [3.05, 3.63) is 214 Å². The molecule has 0 fully saturated rings. The van der Waals surface area contributed by atoms with Crippen molar-refractivity contribution < 1.29 is 41.0 Å². The van der Waals surface area contributed by atoms with Gasteiger partial charge in [0.2, 0.25) is 34.8 Å². The molecule has 7 nitrogen and oxygen atoms in total. The Morgan fingerprint density at radius 1 is 0.672 bits per heavy atom. The molecule has 0 radical (unpaired) electrons. The van der Waals surface area contributed by atoms with E-state index in [9.17, 15) is 18.0 Å². The molecule has 58 heavy (non-hydrogen) atoms. The topological polar surface area (TPSA) is 84.5 Å². The van der Waals surface area contributed by atoms with Gasteiger partial charge in [0.15, 0.2) is 0 Å². The average molecular weight is 786 g/mol. The van der Waals surface area contributed by atoms with Crippen LogP contribution in [0.25, 0.3) is 11.1 Å². The van der Waals surface area contributed by atoms with Crippen LogP contribution in [-0.4, -0.2) is 33.0 Å². The highest BCUT2D eigenvalue weighted by Gasteiger charge is 2.51. The minimum atomic E-state index is -2.43. The van der Waals surface area contributed by atoms with Crippen LogP contribution in [0.1, 0.15) is 39.1 Å². The van der Waals surface area contributed by atoms with Gasteiger partial charge in [0.1, 0.15) is 18.2 Å². The van der Waals surface area contributed by atoms with Crippen molar-refractivity contribution in [2.24, 2.45) is 0 Å². The van der Waals surface area contributed by atoms with E-state index < -0.39 is 64.9 Å². The maximum atomic E-state index is 15.4. The number of aromatic amines is 1. The summed E-state index contributed by atoms with van der Waals surface area (Å²) in [6, 6.07) is 37.9. The van der Waals surface area contributed by atoms with Crippen molar-refractivity contribution in [3.63, 3.8) is 0 Å². The number of ether oxygens (including phenoxy) is 2. The van der Waals surface area contributed by atoms with Crippen LogP contribution in [0.4, 0.5) is 26.7 Å². The first-order valence-corrected chi connectivity index (χ1v) is 18.2. The molecule has 1 atom stereocenters. The van der Waals surface area contributed by atoms with Crippen LogP contribution in [0.3, 0.4) is 0 Å². The summed E-state index contributed by atoms with van der Waals surface area (Å²) < 4.78 is 84.9. The lowest BCUT2D eigenvalue weighted by Crippen LogP contribution is -2.59. The van der Waals surface area contributed by atoms with E-state index in [0.717, 1.165) is 27.2 Å².